The topological polar surface area (TPSA) is 58.1 Å². The van der Waals surface area contributed by atoms with E-state index in [-0.39, 0.29) is 6.04 Å². The third-order valence-electron chi connectivity index (χ3n) is 5.64. The number of carbonyl (C=O) groups is 1. The van der Waals surface area contributed by atoms with Gasteiger partial charge in [-0.05, 0) is 31.6 Å². The highest BCUT2D eigenvalue weighted by Crippen LogP contribution is 2.34. The molecule has 5 nitrogen and oxygen atoms in total. The summed E-state index contributed by atoms with van der Waals surface area (Å²) in [6.07, 6.45) is 10.8. The molecule has 4 rings (SSSR count). The van der Waals surface area contributed by atoms with Crippen LogP contribution in [-0.4, -0.2) is 33.9 Å². The third-order valence-corrected chi connectivity index (χ3v) is 5.64. The Morgan fingerprint density at radius 1 is 1.26 bits per heavy atom. The van der Waals surface area contributed by atoms with Gasteiger partial charge >= 0.3 is 0 Å². The number of amides is 1. The number of aromatic nitrogens is 2. The van der Waals surface area contributed by atoms with Gasteiger partial charge in [-0.2, -0.15) is 0 Å². The van der Waals surface area contributed by atoms with Gasteiger partial charge in [0.25, 0.3) is 0 Å². The maximum atomic E-state index is 12.7. The van der Waals surface area contributed by atoms with Crippen LogP contribution < -0.4 is 5.32 Å². The van der Waals surface area contributed by atoms with Crippen molar-refractivity contribution in [3.05, 3.63) is 23.3 Å². The first kappa shape index (κ1) is 15.1. The van der Waals surface area contributed by atoms with E-state index in [9.17, 15) is 4.79 Å². The molecule has 1 aliphatic carbocycles. The third kappa shape index (κ3) is 3.11. The molecule has 3 aliphatic rings. The number of rotatable bonds is 3. The van der Waals surface area contributed by atoms with E-state index >= 15 is 0 Å². The fraction of sp³-hybridized carbons (Fsp3) is 0.722. The largest absolute Gasteiger partial charge is 0.332 e. The van der Waals surface area contributed by atoms with E-state index in [4.69, 9.17) is 4.98 Å². The van der Waals surface area contributed by atoms with Gasteiger partial charge in [0.05, 0.1) is 6.04 Å². The Kier molecular flexibility index (Phi) is 4.29. The molecule has 1 aromatic rings. The Balaban J connectivity index is 1.49. The zero-order valence-corrected chi connectivity index (χ0v) is 13.8. The van der Waals surface area contributed by atoms with Crippen LogP contribution in [0, 0.1) is 5.92 Å². The first-order chi connectivity index (χ1) is 11.3. The van der Waals surface area contributed by atoms with E-state index in [0.29, 0.717) is 11.8 Å². The lowest BCUT2D eigenvalue weighted by Crippen LogP contribution is -2.33. The molecule has 0 bridgehead atoms. The van der Waals surface area contributed by atoms with Crippen LogP contribution in [0.1, 0.15) is 68.1 Å². The van der Waals surface area contributed by atoms with Crippen molar-refractivity contribution in [2.75, 3.05) is 13.1 Å². The number of nitrogens with one attached hydrogen (secondary N) is 1. The average Bonchev–Trinajstić information content (AvgIpc) is 3.25. The molecule has 0 unspecified atom stereocenters. The Hall–Kier alpha value is -1.49. The van der Waals surface area contributed by atoms with Crippen LogP contribution in [0.15, 0.2) is 6.20 Å². The van der Waals surface area contributed by atoms with Crippen LogP contribution >= 0.6 is 0 Å². The Morgan fingerprint density at radius 3 is 3.00 bits per heavy atom. The second kappa shape index (κ2) is 6.56. The minimum atomic E-state index is 0.101. The summed E-state index contributed by atoms with van der Waals surface area (Å²) in [7, 11) is 0. The number of likely N-dealkylation sites (tertiary alicyclic amines) is 1. The van der Waals surface area contributed by atoms with Crippen molar-refractivity contribution in [1.82, 2.24) is 20.2 Å². The normalized spacial score (nSPS) is 24.9. The molecule has 1 atom stereocenters. The minimum absolute atomic E-state index is 0.101. The van der Waals surface area contributed by atoms with Gasteiger partial charge in [-0.3, -0.25) is 4.79 Å². The molecular weight excluding hydrogens is 288 g/mol. The highest BCUT2D eigenvalue weighted by atomic mass is 16.2. The minimum Gasteiger partial charge on any atom is -0.332 e. The molecule has 1 N–H and O–H groups in total. The van der Waals surface area contributed by atoms with Gasteiger partial charge in [0.1, 0.15) is 0 Å². The summed E-state index contributed by atoms with van der Waals surface area (Å²) >= 11 is 0. The fourth-order valence-corrected chi connectivity index (χ4v) is 4.32. The average molecular weight is 314 g/mol. The molecule has 1 saturated carbocycles. The van der Waals surface area contributed by atoms with Crippen molar-refractivity contribution >= 4 is 5.91 Å². The summed E-state index contributed by atoms with van der Waals surface area (Å²) in [4.78, 5) is 24.2. The Bertz CT molecular complexity index is 582. The zero-order valence-electron chi connectivity index (χ0n) is 13.8. The molecule has 0 aromatic carbocycles. The summed E-state index contributed by atoms with van der Waals surface area (Å²) in [5.41, 5.74) is 2.38. The van der Waals surface area contributed by atoms with Gasteiger partial charge in [-0.25, -0.2) is 9.97 Å². The van der Waals surface area contributed by atoms with Gasteiger partial charge in [0.15, 0.2) is 5.82 Å². The predicted molar refractivity (Wildman–Crippen MR) is 87.7 cm³/mol. The number of carbonyl (C=O) groups excluding carboxylic acids is 1. The lowest BCUT2D eigenvalue weighted by atomic mass is 10.0. The maximum Gasteiger partial charge on any atom is 0.223 e. The van der Waals surface area contributed by atoms with Gasteiger partial charge in [0.2, 0.25) is 5.91 Å². The molecule has 1 amide bonds. The smallest absolute Gasteiger partial charge is 0.223 e. The van der Waals surface area contributed by atoms with Crippen molar-refractivity contribution in [3.63, 3.8) is 0 Å². The van der Waals surface area contributed by atoms with E-state index in [0.717, 1.165) is 51.1 Å². The maximum absolute atomic E-state index is 12.7. The fourth-order valence-electron chi connectivity index (χ4n) is 4.32. The quantitative estimate of drug-likeness (QED) is 0.930. The van der Waals surface area contributed by atoms with E-state index < -0.39 is 0 Å². The molecule has 5 heteroatoms. The lowest BCUT2D eigenvalue weighted by Gasteiger charge is -2.26. The van der Waals surface area contributed by atoms with Gasteiger partial charge < -0.3 is 10.2 Å². The molecule has 3 heterocycles. The summed E-state index contributed by atoms with van der Waals surface area (Å²) in [6.45, 7) is 2.72. The second-order valence-electron chi connectivity index (χ2n) is 7.23. The molecule has 2 fully saturated rings. The van der Waals surface area contributed by atoms with Crippen molar-refractivity contribution in [2.24, 2.45) is 5.92 Å². The van der Waals surface area contributed by atoms with Crippen LogP contribution in [0.25, 0.3) is 0 Å². The number of fused-ring (bicyclic) bond motifs is 1. The number of hydrogen-bond donors (Lipinski definition) is 1. The first-order valence-electron chi connectivity index (χ1n) is 9.16. The van der Waals surface area contributed by atoms with E-state index in [1.165, 1.54) is 36.9 Å². The van der Waals surface area contributed by atoms with Crippen molar-refractivity contribution in [1.29, 1.82) is 0 Å². The standard InChI is InChI=1S/C18H26N4O/c23-17(10-13-4-1-2-5-13)22-9-3-6-16(22)18-20-12-14-11-19-8-7-15(14)21-18/h12-13,16,19H,1-11H2/t16-/m0/s1. The summed E-state index contributed by atoms with van der Waals surface area (Å²) < 4.78 is 0. The number of hydrogen-bond acceptors (Lipinski definition) is 4. The van der Waals surface area contributed by atoms with Gasteiger partial charge in [0, 0.05) is 49.9 Å². The van der Waals surface area contributed by atoms with E-state index in [1.807, 2.05) is 6.20 Å². The SMILES string of the molecule is O=C(CC1CCCC1)N1CCC[C@H]1c1ncc2c(n1)CCNC2. The second-order valence-corrected chi connectivity index (χ2v) is 7.23. The Labute approximate surface area is 137 Å². The summed E-state index contributed by atoms with van der Waals surface area (Å²) in [6, 6.07) is 0.101. The van der Waals surface area contributed by atoms with Crippen molar-refractivity contribution in [3.8, 4) is 0 Å². The van der Waals surface area contributed by atoms with Gasteiger partial charge in [-0.15, -0.1) is 0 Å². The molecule has 2 aliphatic heterocycles. The molecule has 1 saturated heterocycles. The van der Waals surface area contributed by atoms with Crippen molar-refractivity contribution in [2.45, 2.75) is 64.0 Å². The highest BCUT2D eigenvalue weighted by molar-refractivity contribution is 5.77. The molecule has 0 radical (unpaired) electrons. The van der Waals surface area contributed by atoms with Crippen LogP contribution in [0.3, 0.4) is 0 Å². The zero-order chi connectivity index (χ0) is 15.6. The van der Waals surface area contributed by atoms with Crippen LogP contribution in [0.2, 0.25) is 0 Å². The molecule has 124 valence electrons. The monoisotopic (exact) mass is 314 g/mol. The first-order valence-corrected chi connectivity index (χ1v) is 9.16. The highest BCUT2D eigenvalue weighted by Gasteiger charge is 2.33. The molecule has 0 spiro atoms. The van der Waals surface area contributed by atoms with Crippen LogP contribution in [0.4, 0.5) is 0 Å². The molecule has 1 aromatic heterocycles. The van der Waals surface area contributed by atoms with Crippen LogP contribution in [0.5, 0.6) is 0 Å². The van der Waals surface area contributed by atoms with E-state index in [2.05, 4.69) is 15.2 Å². The van der Waals surface area contributed by atoms with Crippen molar-refractivity contribution < 1.29 is 4.79 Å². The number of nitrogens with zero attached hydrogens (tertiary/aromatic N) is 3. The molecule has 23 heavy (non-hydrogen) atoms. The van der Waals surface area contributed by atoms with Gasteiger partial charge in [-0.1, -0.05) is 12.8 Å². The van der Waals surface area contributed by atoms with Crippen LogP contribution in [-0.2, 0) is 17.8 Å². The lowest BCUT2D eigenvalue weighted by molar-refractivity contribution is -0.133. The predicted octanol–water partition coefficient (Wildman–Crippen LogP) is 2.37. The summed E-state index contributed by atoms with van der Waals surface area (Å²) in [5.74, 6) is 1.80. The van der Waals surface area contributed by atoms with E-state index in [1.54, 1.807) is 0 Å². The Morgan fingerprint density at radius 2 is 2.13 bits per heavy atom. The molecular formula is C18H26N4O. The summed E-state index contributed by atoms with van der Waals surface area (Å²) in [5, 5.41) is 3.35.